The van der Waals surface area contributed by atoms with E-state index in [9.17, 15) is 4.79 Å². The number of fused-ring (bicyclic) bond motifs is 2. The Balaban J connectivity index is 1.74. The molecule has 20 heavy (non-hydrogen) atoms. The first kappa shape index (κ1) is 12.2. The van der Waals surface area contributed by atoms with Crippen LogP contribution in [0.15, 0.2) is 33.5 Å². The molecule has 4 rings (SSSR count). The molecule has 3 nitrogen and oxygen atoms in total. The van der Waals surface area contributed by atoms with Crippen LogP contribution in [0.5, 0.6) is 0 Å². The van der Waals surface area contributed by atoms with Gasteiger partial charge in [-0.05, 0) is 48.6 Å². The summed E-state index contributed by atoms with van der Waals surface area (Å²) in [7, 11) is 0. The van der Waals surface area contributed by atoms with Gasteiger partial charge in [-0.25, -0.2) is 4.79 Å². The summed E-state index contributed by atoms with van der Waals surface area (Å²) in [6.45, 7) is 0. The lowest BCUT2D eigenvalue weighted by Crippen LogP contribution is -1.92. The number of alkyl halides is 1. The molecule has 0 bridgehead atoms. The molecule has 0 spiro atoms. The van der Waals surface area contributed by atoms with E-state index in [1.807, 2.05) is 18.2 Å². The predicted molar refractivity (Wildman–Crippen MR) is 80.9 cm³/mol. The highest BCUT2D eigenvalue weighted by Gasteiger charge is 2.20. The molecule has 102 valence electrons. The van der Waals surface area contributed by atoms with Crippen LogP contribution in [-0.2, 0) is 12.8 Å². The van der Waals surface area contributed by atoms with E-state index in [4.69, 9.17) is 16.0 Å². The third-order valence-electron chi connectivity index (χ3n) is 3.75. The highest BCUT2D eigenvalue weighted by Crippen LogP contribution is 2.39. The summed E-state index contributed by atoms with van der Waals surface area (Å²) >= 11 is 8.39. The minimum atomic E-state index is -0.432. The molecule has 1 atom stereocenters. The second kappa shape index (κ2) is 4.50. The Morgan fingerprint density at radius 1 is 1.30 bits per heavy atom. The zero-order chi connectivity index (χ0) is 13.7. The maximum Gasteiger partial charge on any atom is 0.417 e. The predicted octanol–water partition coefficient (Wildman–Crippen LogP) is 4.00. The summed E-state index contributed by atoms with van der Waals surface area (Å²) in [4.78, 5) is 16.5. The molecule has 1 aromatic carbocycles. The topological polar surface area (TPSA) is 46.0 Å². The number of rotatable bonds is 2. The van der Waals surface area contributed by atoms with Crippen LogP contribution < -0.4 is 5.76 Å². The Kier molecular flexibility index (Phi) is 2.75. The Hall–Kier alpha value is -1.52. The molecule has 0 radical (unpaired) electrons. The van der Waals surface area contributed by atoms with E-state index in [0.717, 1.165) is 5.56 Å². The molecular formula is C15H12ClNO2S. The number of hydrogen-bond donors (Lipinski definition) is 1. The zero-order valence-corrected chi connectivity index (χ0v) is 12.2. The van der Waals surface area contributed by atoms with E-state index in [-0.39, 0.29) is 5.38 Å². The Labute approximate surface area is 124 Å². The number of H-pyrrole nitrogens is 1. The fourth-order valence-electron chi connectivity index (χ4n) is 2.76. The molecule has 1 unspecified atom stereocenters. The standard InChI is InChI=1S/C15H12ClNO2S/c16-14(13-7-8-2-1-3-12(8)20-13)9-4-5-10-11(6-9)19-15(18)17-10/h4-7,14H,1-3H2,(H,17,18). The van der Waals surface area contributed by atoms with Gasteiger partial charge in [0.05, 0.1) is 10.9 Å². The van der Waals surface area contributed by atoms with Crippen LogP contribution in [0.25, 0.3) is 11.1 Å². The fraction of sp³-hybridized carbons (Fsp3) is 0.267. The van der Waals surface area contributed by atoms with Crippen molar-refractivity contribution in [2.45, 2.75) is 24.6 Å². The lowest BCUT2D eigenvalue weighted by atomic mass is 10.1. The van der Waals surface area contributed by atoms with Crippen molar-refractivity contribution in [3.05, 3.63) is 55.7 Å². The third kappa shape index (κ3) is 1.91. The minimum Gasteiger partial charge on any atom is -0.408 e. The van der Waals surface area contributed by atoms with Crippen LogP contribution in [-0.4, -0.2) is 4.98 Å². The van der Waals surface area contributed by atoms with Gasteiger partial charge in [-0.3, -0.25) is 4.98 Å². The van der Waals surface area contributed by atoms with Crippen molar-refractivity contribution >= 4 is 34.0 Å². The van der Waals surface area contributed by atoms with Gasteiger partial charge in [0.1, 0.15) is 0 Å². The summed E-state index contributed by atoms with van der Waals surface area (Å²) < 4.78 is 5.09. The molecule has 2 aromatic heterocycles. The van der Waals surface area contributed by atoms with Gasteiger partial charge in [-0.2, -0.15) is 0 Å². The highest BCUT2D eigenvalue weighted by molar-refractivity contribution is 7.12. The average molecular weight is 306 g/mol. The summed E-state index contributed by atoms with van der Waals surface area (Å²) in [5.41, 5.74) is 3.67. The van der Waals surface area contributed by atoms with E-state index in [0.29, 0.717) is 11.1 Å². The Bertz CT molecular complexity index is 824. The largest absolute Gasteiger partial charge is 0.417 e. The molecule has 1 aliphatic carbocycles. The van der Waals surface area contributed by atoms with E-state index in [1.165, 1.54) is 34.6 Å². The molecule has 0 fully saturated rings. The van der Waals surface area contributed by atoms with E-state index in [2.05, 4.69) is 11.1 Å². The van der Waals surface area contributed by atoms with Gasteiger partial charge in [0.25, 0.3) is 0 Å². The average Bonchev–Trinajstić information content (AvgIpc) is 3.08. The zero-order valence-electron chi connectivity index (χ0n) is 10.6. The van der Waals surface area contributed by atoms with E-state index >= 15 is 0 Å². The van der Waals surface area contributed by atoms with Gasteiger partial charge in [0.15, 0.2) is 5.58 Å². The number of oxazole rings is 1. The molecule has 0 aliphatic heterocycles. The first-order chi connectivity index (χ1) is 9.70. The number of aryl methyl sites for hydroxylation is 2. The van der Waals surface area contributed by atoms with Crippen molar-refractivity contribution in [2.75, 3.05) is 0 Å². The molecule has 0 saturated heterocycles. The monoisotopic (exact) mass is 305 g/mol. The van der Waals surface area contributed by atoms with Crippen molar-refractivity contribution in [3.8, 4) is 0 Å². The van der Waals surface area contributed by atoms with Crippen LogP contribution in [0.3, 0.4) is 0 Å². The van der Waals surface area contributed by atoms with Gasteiger partial charge in [0, 0.05) is 9.75 Å². The second-order valence-electron chi connectivity index (χ2n) is 5.08. The van der Waals surface area contributed by atoms with E-state index < -0.39 is 5.76 Å². The lowest BCUT2D eigenvalue weighted by Gasteiger charge is -2.07. The van der Waals surface area contributed by atoms with Crippen molar-refractivity contribution in [1.29, 1.82) is 0 Å². The van der Waals surface area contributed by atoms with Crippen LogP contribution in [0, 0.1) is 0 Å². The molecule has 3 aromatic rings. The van der Waals surface area contributed by atoms with Crippen molar-refractivity contribution in [2.24, 2.45) is 0 Å². The number of nitrogens with one attached hydrogen (secondary N) is 1. The van der Waals surface area contributed by atoms with Gasteiger partial charge >= 0.3 is 5.76 Å². The molecule has 5 heteroatoms. The number of benzene rings is 1. The number of aromatic amines is 1. The highest BCUT2D eigenvalue weighted by atomic mass is 35.5. The summed E-state index contributed by atoms with van der Waals surface area (Å²) in [5.74, 6) is -0.432. The molecule has 1 N–H and O–H groups in total. The number of halogens is 1. The summed E-state index contributed by atoms with van der Waals surface area (Å²) in [5, 5.41) is -0.185. The molecule has 2 heterocycles. The van der Waals surface area contributed by atoms with Gasteiger partial charge in [-0.15, -0.1) is 22.9 Å². The molecule has 1 aliphatic rings. The van der Waals surface area contributed by atoms with Crippen molar-refractivity contribution in [3.63, 3.8) is 0 Å². The summed E-state index contributed by atoms with van der Waals surface area (Å²) in [6, 6.07) is 7.85. The molecular weight excluding hydrogens is 294 g/mol. The molecule has 0 saturated carbocycles. The number of aromatic nitrogens is 1. The van der Waals surface area contributed by atoms with Gasteiger partial charge in [-0.1, -0.05) is 6.07 Å². The first-order valence-electron chi connectivity index (χ1n) is 6.59. The maximum atomic E-state index is 11.2. The van der Waals surface area contributed by atoms with Crippen molar-refractivity contribution in [1.82, 2.24) is 4.98 Å². The van der Waals surface area contributed by atoms with Crippen molar-refractivity contribution < 1.29 is 4.42 Å². The van der Waals surface area contributed by atoms with Crippen LogP contribution in [0.2, 0.25) is 0 Å². The normalized spacial score (nSPS) is 15.7. The first-order valence-corrected chi connectivity index (χ1v) is 7.84. The van der Waals surface area contributed by atoms with Gasteiger partial charge < -0.3 is 4.42 Å². The van der Waals surface area contributed by atoms with E-state index in [1.54, 1.807) is 11.3 Å². The lowest BCUT2D eigenvalue weighted by molar-refractivity contribution is 0.555. The maximum absolute atomic E-state index is 11.2. The number of thiophene rings is 1. The molecule has 0 amide bonds. The van der Waals surface area contributed by atoms with Crippen LogP contribution in [0.4, 0.5) is 0 Å². The van der Waals surface area contributed by atoms with Gasteiger partial charge in [0.2, 0.25) is 0 Å². The number of hydrogen-bond acceptors (Lipinski definition) is 3. The SMILES string of the molecule is O=c1[nH]c2ccc(C(Cl)c3cc4c(s3)CCC4)cc2o1. The quantitative estimate of drug-likeness (QED) is 0.727. The summed E-state index contributed by atoms with van der Waals surface area (Å²) in [6.07, 6.45) is 3.60. The van der Waals surface area contributed by atoms with Crippen LogP contribution in [0.1, 0.15) is 32.7 Å². The Morgan fingerprint density at radius 2 is 2.20 bits per heavy atom. The second-order valence-corrected chi connectivity index (χ2v) is 6.69. The fourth-order valence-corrected chi connectivity index (χ4v) is 4.36. The Morgan fingerprint density at radius 3 is 3.05 bits per heavy atom. The smallest absolute Gasteiger partial charge is 0.408 e. The van der Waals surface area contributed by atoms with Crippen LogP contribution >= 0.6 is 22.9 Å². The minimum absolute atomic E-state index is 0.185. The third-order valence-corrected chi connectivity index (χ3v) is 5.67.